The molecule has 0 bridgehead atoms. The number of carbonyl (C=O) groups excluding carboxylic acids is 2. The normalized spacial score (nSPS) is 15.1. The highest BCUT2D eigenvalue weighted by Gasteiger charge is 2.34. The molecule has 1 saturated heterocycles. The number of amides is 2. The van der Waals surface area contributed by atoms with Gasteiger partial charge in [0.1, 0.15) is 12.4 Å². The molecule has 3 rings (SSSR count). The Bertz CT molecular complexity index is 1010. The molecule has 0 atom stereocenters. The van der Waals surface area contributed by atoms with Crippen molar-refractivity contribution in [3.05, 3.63) is 62.7 Å². The van der Waals surface area contributed by atoms with Crippen molar-refractivity contribution >= 4 is 44.9 Å². The molecule has 2 aromatic rings. The second kappa shape index (κ2) is 10.8. The van der Waals surface area contributed by atoms with Crippen LogP contribution in [-0.4, -0.2) is 43.4 Å². The number of benzene rings is 2. The SMILES string of the molecule is COCCCN1C(=O)S/C(=C/c2cc(OC)c(OCc3cccc(F)c3)cc2Br)C1=O. The first-order chi connectivity index (χ1) is 14.9. The van der Waals surface area contributed by atoms with Gasteiger partial charge in [0.2, 0.25) is 0 Å². The third-order valence-electron chi connectivity index (χ3n) is 4.46. The summed E-state index contributed by atoms with van der Waals surface area (Å²) in [6.07, 6.45) is 2.22. The lowest BCUT2D eigenvalue weighted by Gasteiger charge is -2.13. The van der Waals surface area contributed by atoms with Gasteiger partial charge in [0.05, 0.1) is 12.0 Å². The van der Waals surface area contributed by atoms with Crippen molar-refractivity contribution in [1.29, 1.82) is 0 Å². The maximum absolute atomic E-state index is 13.4. The maximum atomic E-state index is 13.4. The van der Waals surface area contributed by atoms with E-state index in [4.69, 9.17) is 14.2 Å². The standard InChI is InChI=1S/C22H21BrFNO5S/c1-28-8-4-7-25-21(26)20(31-22(25)27)11-15-10-18(29-2)19(12-17(15)23)30-13-14-5-3-6-16(24)9-14/h3,5-6,9-12H,4,7-8,13H2,1-2H3/b20-11+. The van der Waals surface area contributed by atoms with Gasteiger partial charge in [0, 0.05) is 24.7 Å². The van der Waals surface area contributed by atoms with E-state index in [2.05, 4.69) is 15.9 Å². The van der Waals surface area contributed by atoms with Crippen LogP contribution in [0.5, 0.6) is 11.5 Å². The molecule has 1 aliphatic rings. The lowest BCUT2D eigenvalue weighted by Crippen LogP contribution is -2.29. The van der Waals surface area contributed by atoms with Crippen LogP contribution in [0.2, 0.25) is 0 Å². The van der Waals surface area contributed by atoms with Gasteiger partial charge in [0.25, 0.3) is 11.1 Å². The van der Waals surface area contributed by atoms with Crippen molar-refractivity contribution in [2.75, 3.05) is 27.4 Å². The van der Waals surface area contributed by atoms with Crippen LogP contribution in [0.25, 0.3) is 6.08 Å². The van der Waals surface area contributed by atoms with Crippen molar-refractivity contribution in [1.82, 2.24) is 4.90 Å². The summed E-state index contributed by atoms with van der Waals surface area (Å²) in [5.74, 6) is 0.248. The Morgan fingerprint density at radius 1 is 1.16 bits per heavy atom. The van der Waals surface area contributed by atoms with Crippen LogP contribution >= 0.6 is 27.7 Å². The van der Waals surface area contributed by atoms with Crippen molar-refractivity contribution in [2.45, 2.75) is 13.0 Å². The molecule has 0 spiro atoms. The second-order valence-corrected chi connectivity index (χ2v) is 8.47. The van der Waals surface area contributed by atoms with Crippen LogP contribution in [-0.2, 0) is 16.1 Å². The highest BCUT2D eigenvalue weighted by Crippen LogP contribution is 2.38. The van der Waals surface area contributed by atoms with E-state index in [0.29, 0.717) is 51.6 Å². The maximum Gasteiger partial charge on any atom is 0.293 e. The third kappa shape index (κ3) is 5.87. The molecule has 0 unspecified atom stereocenters. The number of rotatable bonds is 9. The predicted octanol–water partition coefficient (Wildman–Crippen LogP) is 5.25. The molecule has 31 heavy (non-hydrogen) atoms. The van der Waals surface area contributed by atoms with Crippen LogP contribution in [0.4, 0.5) is 9.18 Å². The van der Waals surface area contributed by atoms with E-state index in [1.54, 1.807) is 37.5 Å². The van der Waals surface area contributed by atoms with Gasteiger partial charge in [0.15, 0.2) is 11.5 Å². The number of nitrogens with zero attached hydrogens (tertiary/aromatic N) is 1. The monoisotopic (exact) mass is 509 g/mol. The number of imide groups is 1. The Hall–Kier alpha value is -2.36. The van der Waals surface area contributed by atoms with Gasteiger partial charge < -0.3 is 14.2 Å². The van der Waals surface area contributed by atoms with E-state index in [0.717, 1.165) is 11.8 Å². The summed E-state index contributed by atoms with van der Waals surface area (Å²) in [4.78, 5) is 26.3. The molecule has 0 saturated carbocycles. The Kier molecular flexibility index (Phi) is 8.11. The number of thioether (sulfide) groups is 1. The van der Waals surface area contributed by atoms with Gasteiger partial charge in [-0.15, -0.1) is 0 Å². The van der Waals surface area contributed by atoms with Crippen LogP contribution in [0.15, 0.2) is 45.8 Å². The zero-order valence-electron chi connectivity index (χ0n) is 17.0. The van der Waals surface area contributed by atoms with Crippen LogP contribution in [0.1, 0.15) is 17.5 Å². The van der Waals surface area contributed by atoms with Gasteiger partial charge in [-0.25, -0.2) is 4.39 Å². The molecule has 9 heteroatoms. The van der Waals surface area contributed by atoms with Gasteiger partial charge >= 0.3 is 0 Å². The average molecular weight is 510 g/mol. The van der Waals surface area contributed by atoms with Gasteiger partial charge in [-0.05, 0) is 59.7 Å². The minimum absolute atomic E-state index is 0.167. The number of halogens is 2. The highest BCUT2D eigenvalue weighted by molar-refractivity contribution is 9.10. The first-order valence-corrected chi connectivity index (χ1v) is 11.0. The first-order valence-electron chi connectivity index (χ1n) is 9.42. The molecular formula is C22H21BrFNO5S. The number of methoxy groups -OCH3 is 2. The molecule has 2 aromatic carbocycles. The van der Waals surface area contributed by atoms with Crippen LogP contribution in [0.3, 0.4) is 0 Å². The van der Waals surface area contributed by atoms with Crippen molar-refractivity contribution < 1.29 is 28.2 Å². The Morgan fingerprint density at radius 3 is 2.68 bits per heavy atom. The summed E-state index contributed by atoms with van der Waals surface area (Å²) in [6.45, 7) is 0.952. The van der Waals surface area contributed by atoms with Crippen molar-refractivity contribution in [2.24, 2.45) is 0 Å². The summed E-state index contributed by atoms with van der Waals surface area (Å²) in [5, 5.41) is -0.300. The number of carbonyl (C=O) groups is 2. The quantitative estimate of drug-likeness (QED) is 0.339. The summed E-state index contributed by atoms with van der Waals surface area (Å²) >= 11 is 4.38. The fourth-order valence-electron chi connectivity index (χ4n) is 2.92. The highest BCUT2D eigenvalue weighted by atomic mass is 79.9. The smallest absolute Gasteiger partial charge is 0.293 e. The molecule has 1 fully saturated rings. The minimum Gasteiger partial charge on any atom is -0.493 e. The van der Waals surface area contributed by atoms with E-state index < -0.39 is 0 Å². The summed E-state index contributed by atoms with van der Waals surface area (Å²) in [6, 6.07) is 9.58. The molecule has 1 aliphatic heterocycles. The molecule has 0 radical (unpaired) electrons. The molecule has 1 heterocycles. The number of hydrogen-bond acceptors (Lipinski definition) is 6. The molecule has 0 aliphatic carbocycles. The summed E-state index contributed by atoms with van der Waals surface area (Å²) < 4.78 is 30.2. The summed E-state index contributed by atoms with van der Waals surface area (Å²) in [7, 11) is 3.08. The number of hydrogen-bond donors (Lipinski definition) is 0. The second-order valence-electron chi connectivity index (χ2n) is 6.62. The van der Waals surface area contributed by atoms with Gasteiger partial charge in [-0.3, -0.25) is 14.5 Å². The molecule has 0 N–H and O–H groups in total. The van der Waals surface area contributed by atoms with E-state index in [1.807, 2.05) is 0 Å². The lowest BCUT2D eigenvalue weighted by molar-refractivity contribution is -0.122. The average Bonchev–Trinajstić information content (AvgIpc) is 3.01. The summed E-state index contributed by atoms with van der Waals surface area (Å²) in [5.41, 5.74) is 1.35. The largest absolute Gasteiger partial charge is 0.493 e. The fourth-order valence-corrected chi connectivity index (χ4v) is 4.22. The van der Waals surface area contributed by atoms with E-state index in [1.165, 1.54) is 24.1 Å². The Labute approximate surface area is 192 Å². The van der Waals surface area contributed by atoms with E-state index in [-0.39, 0.29) is 23.6 Å². The molecule has 6 nitrogen and oxygen atoms in total. The Balaban J connectivity index is 1.78. The predicted molar refractivity (Wildman–Crippen MR) is 121 cm³/mol. The van der Waals surface area contributed by atoms with E-state index >= 15 is 0 Å². The number of ether oxygens (including phenoxy) is 3. The molecule has 0 aromatic heterocycles. The zero-order valence-corrected chi connectivity index (χ0v) is 19.4. The van der Waals surface area contributed by atoms with Crippen molar-refractivity contribution in [3.8, 4) is 11.5 Å². The van der Waals surface area contributed by atoms with Crippen LogP contribution < -0.4 is 9.47 Å². The lowest BCUT2D eigenvalue weighted by atomic mass is 10.1. The van der Waals surface area contributed by atoms with Crippen LogP contribution in [0, 0.1) is 5.82 Å². The fraction of sp³-hybridized carbons (Fsp3) is 0.273. The molecule has 2 amide bonds. The Morgan fingerprint density at radius 2 is 1.97 bits per heavy atom. The third-order valence-corrected chi connectivity index (χ3v) is 6.05. The minimum atomic E-state index is -0.333. The molecule has 164 valence electrons. The topological polar surface area (TPSA) is 65.1 Å². The first kappa shape index (κ1) is 23.3. The van der Waals surface area contributed by atoms with E-state index in [9.17, 15) is 14.0 Å². The van der Waals surface area contributed by atoms with Gasteiger partial charge in [-0.1, -0.05) is 28.1 Å². The molecular weight excluding hydrogens is 489 g/mol. The zero-order chi connectivity index (χ0) is 22.4. The van der Waals surface area contributed by atoms with Crippen molar-refractivity contribution in [3.63, 3.8) is 0 Å². The van der Waals surface area contributed by atoms with Gasteiger partial charge in [-0.2, -0.15) is 0 Å².